The first kappa shape index (κ1) is 9.71. The Bertz CT molecular complexity index is 316. The molecule has 0 saturated carbocycles. The highest BCUT2D eigenvalue weighted by molar-refractivity contribution is 7.83. The number of rotatable bonds is 1. The predicted octanol–water partition coefficient (Wildman–Crippen LogP) is 3.41. The Labute approximate surface area is 84.5 Å². The lowest BCUT2D eigenvalue weighted by atomic mass is 10.3. The topological polar surface area (TPSA) is 12.0 Å². The van der Waals surface area contributed by atoms with Gasteiger partial charge >= 0.3 is 0 Å². The number of thiocarbonyl (C=S) groups is 1. The van der Waals surface area contributed by atoms with Gasteiger partial charge in [-0.2, -0.15) is 0 Å². The minimum Gasteiger partial charge on any atom is -0.337 e. The number of halogens is 3. The van der Waals surface area contributed by atoms with Gasteiger partial charge in [-0.3, -0.25) is 0 Å². The zero-order valence-corrected chi connectivity index (χ0v) is 8.10. The number of hydrogen-bond acceptors (Lipinski definition) is 1. The molecule has 0 unspecified atom stereocenters. The molecule has 12 heavy (non-hydrogen) atoms. The van der Waals surface area contributed by atoms with Crippen LogP contribution in [0.2, 0.25) is 5.02 Å². The highest BCUT2D eigenvalue weighted by Crippen LogP contribution is 2.19. The fourth-order valence-corrected chi connectivity index (χ4v) is 1.09. The van der Waals surface area contributed by atoms with Crippen molar-refractivity contribution in [2.45, 2.75) is 0 Å². The average molecular weight is 224 g/mol. The molecule has 64 valence electrons. The predicted molar refractivity (Wildman–Crippen MR) is 53.5 cm³/mol. The number of nitrogens with one attached hydrogen (secondary N) is 1. The van der Waals surface area contributed by atoms with Crippen molar-refractivity contribution >= 4 is 45.6 Å². The highest BCUT2D eigenvalue weighted by Gasteiger charge is 2.00. The Hall–Kier alpha value is -0.380. The van der Waals surface area contributed by atoms with E-state index in [9.17, 15) is 4.39 Å². The molecular formula is C7H4Cl2FNS. The molecule has 0 amide bonds. The van der Waals surface area contributed by atoms with Gasteiger partial charge < -0.3 is 5.32 Å². The van der Waals surface area contributed by atoms with Crippen molar-refractivity contribution < 1.29 is 4.39 Å². The summed E-state index contributed by atoms with van der Waals surface area (Å²) < 4.78 is 12.7. The number of benzene rings is 1. The van der Waals surface area contributed by atoms with Crippen molar-refractivity contribution in [3.63, 3.8) is 0 Å². The molecule has 0 aliphatic carbocycles. The van der Waals surface area contributed by atoms with Gasteiger partial charge in [0.2, 0.25) is 0 Å². The van der Waals surface area contributed by atoms with Crippen LogP contribution in [0.4, 0.5) is 10.1 Å². The number of hydrogen-bond donors (Lipinski definition) is 1. The van der Waals surface area contributed by atoms with E-state index < -0.39 is 5.82 Å². The van der Waals surface area contributed by atoms with Gasteiger partial charge in [0.1, 0.15) is 5.82 Å². The Morgan fingerprint density at radius 3 is 2.67 bits per heavy atom. The summed E-state index contributed by atoms with van der Waals surface area (Å²) in [6.07, 6.45) is 0. The molecule has 1 N–H and O–H groups in total. The second-order valence-corrected chi connectivity index (χ2v) is 3.45. The van der Waals surface area contributed by atoms with E-state index in [-0.39, 0.29) is 9.47 Å². The van der Waals surface area contributed by atoms with Crippen LogP contribution in [0.25, 0.3) is 0 Å². The molecular weight excluding hydrogens is 220 g/mol. The SMILES string of the molecule is Fc1ccc(NC(=S)Cl)cc1Cl. The third-order valence-electron chi connectivity index (χ3n) is 1.16. The molecule has 0 heterocycles. The minimum atomic E-state index is -0.470. The lowest BCUT2D eigenvalue weighted by molar-refractivity contribution is 0.628. The van der Waals surface area contributed by atoms with Crippen LogP contribution in [0.1, 0.15) is 0 Å². The van der Waals surface area contributed by atoms with Gasteiger partial charge in [0.25, 0.3) is 0 Å². The van der Waals surface area contributed by atoms with Crippen molar-refractivity contribution in [2.24, 2.45) is 0 Å². The summed E-state index contributed by atoms with van der Waals surface area (Å²) in [5.41, 5.74) is 0.571. The van der Waals surface area contributed by atoms with Gasteiger partial charge in [0, 0.05) is 5.69 Å². The molecule has 0 aromatic heterocycles. The van der Waals surface area contributed by atoms with Gasteiger partial charge in [-0.05, 0) is 30.4 Å². The molecule has 0 atom stereocenters. The van der Waals surface area contributed by atoms with Gasteiger partial charge in [-0.1, -0.05) is 23.2 Å². The molecule has 1 rings (SSSR count). The van der Waals surface area contributed by atoms with E-state index in [1.165, 1.54) is 18.2 Å². The van der Waals surface area contributed by atoms with Crippen molar-refractivity contribution in [3.05, 3.63) is 29.0 Å². The van der Waals surface area contributed by atoms with E-state index in [1.54, 1.807) is 0 Å². The molecule has 0 aliphatic heterocycles. The van der Waals surface area contributed by atoms with E-state index in [0.717, 1.165) is 0 Å². The second kappa shape index (κ2) is 4.03. The quantitative estimate of drug-likeness (QED) is 0.445. The summed E-state index contributed by atoms with van der Waals surface area (Å²) in [5.74, 6) is -0.470. The third-order valence-corrected chi connectivity index (χ3v) is 1.65. The minimum absolute atomic E-state index is 0.0351. The summed E-state index contributed by atoms with van der Waals surface area (Å²) in [6.45, 7) is 0. The zero-order chi connectivity index (χ0) is 9.14. The maximum Gasteiger partial charge on any atom is 0.171 e. The normalized spacial score (nSPS) is 9.58. The van der Waals surface area contributed by atoms with Crippen LogP contribution in [0, 0.1) is 5.82 Å². The monoisotopic (exact) mass is 223 g/mol. The van der Waals surface area contributed by atoms with E-state index >= 15 is 0 Å². The lowest BCUT2D eigenvalue weighted by Crippen LogP contribution is -2.00. The van der Waals surface area contributed by atoms with Crippen molar-refractivity contribution in [1.29, 1.82) is 0 Å². The largest absolute Gasteiger partial charge is 0.337 e. The van der Waals surface area contributed by atoms with Crippen LogP contribution in [0.5, 0.6) is 0 Å². The Balaban J connectivity index is 2.89. The Morgan fingerprint density at radius 1 is 1.50 bits per heavy atom. The third kappa shape index (κ3) is 2.59. The van der Waals surface area contributed by atoms with Gasteiger partial charge in [0.15, 0.2) is 4.45 Å². The highest BCUT2D eigenvalue weighted by atomic mass is 35.5. The van der Waals surface area contributed by atoms with Gasteiger partial charge in [0.05, 0.1) is 5.02 Å². The molecule has 0 spiro atoms. The molecule has 1 aromatic carbocycles. The zero-order valence-electron chi connectivity index (χ0n) is 5.77. The average Bonchev–Trinajstić information content (AvgIpc) is 1.96. The summed E-state index contributed by atoms with van der Waals surface area (Å²) in [7, 11) is 0. The first-order valence-corrected chi connectivity index (χ1v) is 4.17. The molecule has 0 radical (unpaired) electrons. The first-order chi connectivity index (χ1) is 5.59. The van der Waals surface area contributed by atoms with Crippen LogP contribution in [-0.2, 0) is 0 Å². The Morgan fingerprint density at radius 2 is 2.17 bits per heavy atom. The number of anilines is 1. The van der Waals surface area contributed by atoms with Crippen LogP contribution in [0.3, 0.4) is 0 Å². The molecule has 5 heteroatoms. The van der Waals surface area contributed by atoms with Crippen LogP contribution >= 0.6 is 35.4 Å². The van der Waals surface area contributed by atoms with Gasteiger partial charge in [-0.25, -0.2) is 4.39 Å². The molecule has 0 saturated heterocycles. The van der Waals surface area contributed by atoms with E-state index in [0.29, 0.717) is 5.69 Å². The molecule has 0 bridgehead atoms. The summed E-state index contributed by atoms with van der Waals surface area (Å²) >= 11 is 15.5. The summed E-state index contributed by atoms with van der Waals surface area (Å²) in [4.78, 5) is 0. The van der Waals surface area contributed by atoms with Gasteiger partial charge in [-0.15, -0.1) is 0 Å². The van der Waals surface area contributed by atoms with Crippen molar-refractivity contribution in [2.75, 3.05) is 5.32 Å². The molecule has 0 aliphatic rings. The maximum absolute atomic E-state index is 12.6. The smallest absolute Gasteiger partial charge is 0.171 e. The summed E-state index contributed by atoms with van der Waals surface area (Å²) in [5, 5.41) is 2.65. The standard InChI is InChI=1S/C7H4Cl2FNS/c8-5-3-4(11-7(9)12)1-2-6(5)10/h1-3H,(H,11,12). The fourth-order valence-electron chi connectivity index (χ4n) is 0.687. The second-order valence-electron chi connectivity index (χ2n) is 2.03. The fraction of sp³-hybridized carbons (Fsp3) is 0. The molecule has 1 nitrogen and oxygen atoms in total. The summed E-state index contributed by atoms with van der Waals surface area (Å²) in [6, 6.07) is 4.14. The molecule has 1 aromatic rings. The van der Waals surface area contributed by atoms with Crippen LogP contribution < -0.4 is 5.32 Å². The van der Waals surface area contributed by atoms with E-state index in [2.05, 4.69) is 17.5 Å². The Kier molecular flexibility index (Phi) is 3.26. The lowest BCUT2D eigenvalue weighted by Gasteiger charge is -2.02. The van der Waals surface area contributed by atoms with Crippen LogP contribution in [-0.4, -0.2) is 4.45 Å². The van der Waals surface area contributed by atoms with E-state index in [1.807, 2.05) is 0 Å². The first-order valence-electron chi connectivity index (χ1n) is 3.01. The van der Waals surface area contributed by atoms with Crippen LogP contribution in [0.15, 0.2) is 18.2 Å². The maximum atomic E-state index is 12.6. The van der Waals surface area contributed by atoms with Crippen molar-refractivity contribution in [3.8, 4) is 0 Å². The molecule has 0 fully saturated rings. The van der Waals surface area contributed by atoms with E-state index in [4.69, 9.17) is 23.2 Å². The van der Waals surface area contributed by atoms with Crippen molar-refractivity contribution in [1.82, 2.24) is 0 Å².